The molecule has 1 unspecified atom stereocenters. The quantitative estimate of drug-likeness (QED) is 0.612. The second kappa shape index (κ2) is 7.96. The Morgan fingerprint density at radius 2 is 2.00 bits per heavy atom. The van der Waals surface area contributed by atoms with E-state index in [0.717, 1.165) is 0 Å². The molecule has 108 valence electrons. The molecule has 1 amide bonds. The minimum absolute atomic E-state index is 0.0401. The van der Waals surface area contributed by atoms with Crippen LogP contribution in [-0.2, 0) is 4.79 Å². The molecule has 1 aromatic carbocycles. The van der Waals surface area contributed by atoms with E-state index in [1.54, 1.807) is 18.2 Å². The number of carboxylic acid groups (broad SMARTS) is 1. The van der Waals surface area contributed by atoms with Gasteiger partial charge in [0.2, 0.25) is 0 Å². The number of carbonyl (C=O) groups excluding carboxylic acids is 1. The highest BCUT2D eigenvalue weighted by Gasteiger charge is 2.19. The van der Waals surface area contributed by atoms with Crippen molar-refractivity contribution in [3.05, 3.63) is 42.5 Å². The van der Waals surface area contributed by atoms with Gasteiger partial charge in [0.15, 0.2) is 0 Å². The number of carbonyl (C=O) groups is 2. The second-order valence-corrected chi connectivity index (χ2v) is 4.00. The molecule has 0 bridgehead atoms. The number of aliphatic hydroxyl groups excluding tert-OH is 1. The molecule has 0 aromatic heterocycles. The van der Waals surface area contributed by atoms with Gasteiger partial charge in [-0.15, -0.1) is 0 Å². The summed E-state index contributed by atoms with van der Waals surface area (Å²) in [6.07, 6.45) is 1.56. The number of ether oxygens (including phenoxy) is 1. The Kier molecular flexibility index (Phi) is 6.25. The molecular formula is C14H17NO5. The molecule has 6 nitrogen and oxygen atoms in total. The summed E-state index contributed by atoms with van der Waals surface area (Å²) in [5.41, 5.74) is 0.320. The third kappa shape index (κ3) is 4.74. The van der Waals surface area contributed by atoms with E-state index in [4.69, 9.17) is 14.9 Å². The zero-order chi connectivity index (χ0) is 15.0. The van der Waals surface area contributed by atoms with Crippen molar-refractivity contribution in [2.75, 3.05) is 13.2 Å². The number of hydrogen-bond donors (Lipinski definition) is 3. The lowest BCUT2D eigenvalue weighted by atomic mass is 10.1. The van der Waals surface area contributed by atoms with Crippen molar-refractivity contribution >= 4 is 11.9 Å². The predicted molar refractivity (Wildman–Crippen MR) is 72.7 cm³/mol. The first-order valence-electron chi connectivity index (χ1n) is 6.06. The van der Waals surface area contributed by atoms with Crippen LogP contribution in [0.2, 0.25) is 0 Å². The van der Waals surface area contributed by atoms with Crippen LogP contribution in [-0.4, -0.2) is 41.3 Å². The molecular weight excluding hydrogens is 262 g/mol. The minimum Gasteiger partial charge on any atom is -0.490 e. The molecule has 0 heterocycles. The molecule has 1 aromatic rings. The zero-order valence-electron chi connectivity index (χ0n) is 10.9. The van der Waals surface area contributed by atoms with Gasteiger partial charge < -0.3 is 20.3 Å². The lowest BCUT2D eigenvalue weighted by Gasteiger charge is -2.13. The van der Waals surface area contributed by atoms with E-state index in [1.165, 1.54) is 12.1 Å². The molecule has 0 spiro atoms. The summed E-state index contributed by atoms with van der Waals surface area (Å²) < 4.78 is 5.27. The van der Waals surface area contributed by atoms with Crippen LogP contribution in [0.25, 0.3) is 0 Å². The number of amides is 1. The fourth-order valence-corrected chi connectivity index (χ4v) is 1.49. The van der Waals surface area contributed by atoms with Gasteiger partial charge in [-0.2, -0.15) is 0 Å². The molecule has 6 heteroatoms. The van der Waals surface area contributed by atoms with Gasteiger partial charge in [-0.3, -0.25) is 4.79 Å². The molecule has 20 heavy (non-hydrogen) atoms. The Morgan fingerprint density at radius 1 is 1.35 bits per heavy atom. The van der Waals surface area contributed by atoms with Crippen molar-refractivity contribution in [2.24, 2.45) is 0 Å². The topological polar surface area (TPSA) is 95.9 Å². The van der Waals surface area contributed by atoms with Gasteiger partial charge in [-0.25, -0.2) is 4.79 Å². The van der Waals surface area contributed by atoms with Crippen molar-refractivity contribution in [1.82, 2.24) is 5.32 Å². The Bertz CT molecular complexity index is 469. The summed E-state index contributed by atoms with van der Waals surface area (Å²) in [5.74, 6) is -1.11. The smallest absolute Gasteiger partial charge is 0.326 e. The van der Waals surface area contributed by atoms with Crippen LogP contribution in [0, 0.1) is 0 Å². The molecule has 0 aliphatic heterocycles. The number of rotatable bonds is 8. The van der Waals surface area contributed by atoms with E-state index in [-0.39, 0.29) is 13.0 Å². The number of benzene rings is 1. The molecule has 1 rings (SSSR count). The molecule has 3 N–H and O–H groups in total. The van der Waals surface area contributed by atoms with Crippen LogP contribution >= 0.6 is 0 Å². The molecule has 0 aliphatic carbocycles. The maximum absolute atomic E-state index is 11.8. The Morgan fingerprint density at radius 3 is 2.50 bits per heavy atom. The van der Waals surface area contributed by atoms with Gasteiger partial charge in [-0.05, 0) is 24.3 Å². The lowest BCUT2D eigenvalue weighted by molar-refractivity contribution is -0.139. The second-order valence-electron chi connectivity index (χ2n) is 4.00. The Balaban J connectivity index is 2.66. The van der Waals surface area contributed by atoms with E-state index in [9.17, 15) is 9.59 Å². The summed E-state index contributed by atoms with van der Waals surface area (Å²) in [6.45, 7) is 3.57. The summed E-state index contributed by atoms with van der Waals surface area (Å²) in [6, 6.07) is 5.18. The van der Waals surface area contributed by atoms with Gasteiger partial charge in [0, 0.05) is 18.6 Å². The average molecular weight is 279 g/mol. The van der Waals surface area contributed by atoms with Gasteiger partial charge in [0.05, 0.1) is 0 Å². The predicted octanol–water partition coefficient (Wildman–Crippen LogP) is 0.817. The van der Waals surface area contributed by atoms with E-state index in [0.29, 0.717) is 17.9 Å². The monoisotopic (exact) mass is 279 g/mol. The number of aliphatic hydroxyl groups is 1. The van der Waals surface area contributed by atoms with Crippen molar-refractivity contribution in [3.8, 4) is 5.75 Å². The highest BCUT2D eigenvalue weighted by molar-refractivity contribution is 5.96. The standard InChI is InChI=1S/C14H17NO5/c1-2-9-20-11-5-3-10(4-6-11)13(17)15-12(7-8-16)14(18)19/h2-6,12,16H,1,7-9H2,(H,15,17)(H,18,19). The molecule has 0 saturated carbocycles. The maximum Gasteiger partial charge on any atom is 0.326 e. The van der Waals surface area contributed by atoms with Crippen molar-refractivity contribution in [3.63, 3.8) is 0 Å². The Labute approximate surface area is 116 Å². The number of carboxylic acids is 1. The number of aliphatic carboxylic acids is 1. The molecule has 1 atom stereocenters. The highest BCUT2D eigenvalue weighted by Crippen LogP contribution is 2.12. The molecule has 0 radical (unpaired) electrons. The van der Waals surface area contributed by atoms with Crippen LogP contribution in [0.5, 0.6) is 5.75 Å². The normalized spacial score (nSPS) is 11.4. The van der Waals surface area contributed by atoms with Crippen LogP contribution in [0.3, 0.4) is 0 Å². The van der Waals surface area contributed by atoms with Crippen molar-refractivity contribution < 1.29 is 24.5 Å². The minimum atomic E-state index is -1.18. The highest BCUT2D eigenvalue weighted by atomic mass is 16.5. The number of hydrogen-bond acceptors (Lipinski definition) is 4. The summed E-state index contributed by atoms with van der Waals surface area (Å²) in [7, 11) is 0. The van der Waals surface area contributed by atoms with Gasteiger partial charge in [-0.1, -0.05) is 12.7 Å². The number of nitrogens with one attached hydrogen (secondary N) is 1. The first-order valence-corrected chi connectivity index (χ1v) is 6.06. The lowest BCUT2D eigenvalue weighted by Crippen LogP contribution is -2.41. The maximum atomic E-state index is 11.8. The fraction of sp³-hybridized carbons (Fsp3) is 0.286. The van der Waals surface area contributed by atoms with Crippen molar-refractivity contribution in [1.29, 1.82) is 0 Å². The first kappa shape index (κ1) is 15.7. The molecule has 0 saturated heterocycles. The summed E-state index contributed by atoms with van der Waals surface area (Å²) in [4.78, 5) is 22.7. The van der Waals surface area contributed by atoms with Crippen LogP contribution < -0.4 is 10.1 Å². The summed E-state index contributed by atoms with van der Waals surface area (Å²) >= 11 is 0. The summed E-state index contributed by atoms with van der Waals surface area (Å²) in [5, 5.41) is 20.0. The third-order valence-corrected chi connectivity index (χ3v) is 2.51. The first-order chi connectivity index (χ1) is 9.58. The van der Waals surface area contributed by atoms with Gasteiger partial charge in [0.25, 0.3) is 5.91 Å². The fourth-order valence-electron chi connectivity index (χ4n) is 1.49. The van der Waals surface area contributed by atoms with E-state index < -0.39 is 17.9 Å². The largest absolute Gasteiger partial charge is 0.490 e. The van der Waals surface area contributed by atoms with Crippen LogP contribution in [0.1, 0.15) is 16.8 Å². The van der Waals surface area contributed by atoms with Crippen LogP contribution in [0.15, 0.2) is 36.9 Å². The van der Waals surface area contributed by atoms with Crippen LogP contribution in [0.4, 0.5) is 0 Å². The zero-order valence-corrected chi connectivity index (χ0v) is 10.9. The molecule has 0 fully saturated rings. The van der Waals surface area contributed by atoms with Gasteiger partial charge >= 0.3 is 5.97 Å². The average Bonchev–Trinajstić information content (AvgIpc) is 2.45. The van der Waals surface area contributed by atoms with E-state index in [1.807, 2.05) is 0 Å². The van der Waals surface area contributed by atoms with Gasteiger partial charge in [0.1, 0.15) is 18.4 Å². The van der Waals surface area contributed by atoms with Crippen molar-refractivity contribution in [2.45, 2.75) is 12.5 Å². The van der Waals surface area contributed by atoms with E-state index in [2.05, 4.69) is 11.9 Å². The Hall–Kier alpha value is -2.34. The SMILES string of the molecule is C=CCOc1ccc(C(=O)NC(CCO)C(=O)O)cc1. The molecule has 0 aliphatic rings. The van der Waals surface area contributed by atoms with E-state index >= 15 is 0 Å². The third-order valence-electron chi connectivity index (χ3n) is 2.51.